The predicted octanol–water partition coefficient (Wildman–Crippen LogP) is 4.28. The molecular weight excluding hydrogens is 331 g/mol. The Morgan fingerprint density at radius 3 is 2.31 bits per heavy atom. The summed E-state index contributed by atoms with van der Waals surface area (Å²) in [7, 11) is 0. The van der Waals surface area contributed by atoms with Gasteiger partial charge < -0.3 is 0 Å². The van der Waals surface area contributed by atoms with Crippen molar-refractivity contribution in [3.63, 3.8) is 0 Å². The van der Waals surface area contributed by atoms with E-state index in [9.17, 15) is 0 Å². The van der Waals surface area contributed by atoms with Crippen LogP contribution in [0.25, 0.3) is 5.57 Å². The molecule has 0 N–H and O–H groups in total. The topological polar surface area (TPSA) is 0 Å². The number of hydrogen-bond acceptors (Lipinski definition) is 0. The Bertz CT molecular complexity index is 433. The van der Waals surface area contributed by atoms with Gasteiger partial charge >= 0.3 is 0 Å². The van der Waals surface area contributed by atoms with Crippen LogP contribution >= 0.6 is 0 Å². The average Bonchev–Trinajstić information content (AvgIpc) is 2.44. The summed E-state index contributed by atoms with van der Waals surface area (Å²) in [5.74, 6) is 0. The normalized spacial score (nSPS) is 14.6. The first-order chi connectivity index (χ1) is 7.25. The summed E-state index contributed by atoms with van der Waals surface area (Å²) >= 11 is 0. The summed E-state index contributed by atoms with van der Waals surface area (Å²) in [5.41, 5.74) is 5.31. The summed E-state index contributed by atoms with van der Waals surface area (Å²) in [6, 6.07) is 8.68. The van der Waals surface area contributed by atoms with Crippen LogP contribution in [0.4, 0.5) is 0 Å². The molecule has 2 rings (SSSR count). The molecule has 0 spiro atoms. The maximum absolute atomic E-state index is 2.23. The van der Waals surface area contributed by atoms with Gasteiger partial charge in [0.05, 0.1) is 0 Å². The second kappa shape index (κ2) is 6.50. The molecule has 1 aliphatic rings. The first-order valence-corrected chi connectivity index (χ1v) is 5.37. The van der Waals surface area contributed by atoms with E-state index in [1.807, 2.05) is 0 Å². The molecule has 0 radical (unpaired) electrons. The Morgan fingerprint density at radius 2 is 1.62 bits per heavy atom. The number of hydrogen-bond donors (Lipinski definition) is 0. The third-order valence-corrected chi connectivity index (χ3v) is 2.67. The molecule has 0 aromatic heterocycles. The molecule has 1 aliphatic carbocycles. The predicted molar refractivity (Wildman–Crippen MR) is 66.7 cm³/mol. The van der Waals surface area contributed by atoms with E-state index in [1.165, 1.54) is 22.3 Å². The first-order valence-electron chi connectivity index (χ1n) is 5.37. The van der Waals surface area contributed by atoms with Crippen molar-refractivity contribution in [1.29, 1.82) is 0 Å². The average molecular weight is 347 g/mol. The van der Waals surface area contributed by atoms with Gasteiger partial charge in [0, 0.05) is 40.4 Å². The van der Waals surface area contributed by atoms with Crippen LogP contribution in [-0.2, 0) is 0 Å². The van der Waals surface area contributed by atoms with Crippen LogP contribution in [0.1, 0.15) is 24.5 Å². The van der Waals surface area contributed by atoms with Gasteiger partial charge in [0.1, 0.15) is 0 Å². The SMILES string of the molecule is CC1=CC=C(c2ccc(C)cc2)C=CC1.[Sm]. The smallest absolute Gasteiger partial charge is 0 e. The fourth-order valence-corrected chi connectivity index (χ4v) is 1.67. The van der Waals surface area contributed by atoms with E-state index in [1.54, 1.807) is 0 Å². The molecule has 82 valence electrons. The van der Waals surface area contributed by atoms with Crippen LogP contribution < -0.4 is 0 Å². The quantitative estimate of drug-likeness (QED) is 0.712. The Morgan fingerprint density at radius 1 is 0.938 bits per heavy atom. The van der Waals surface area contributed by atoms with Gasteiger partial charge in [0.25, 0.3) is 0 Å². The summed E-state index contributed by atoms with van der Waals surface area (Å²) in [5, 5.41) is 0. The number of rotatable bonds is 1. The molecular formula is C15H16Sm. The van der Waals surface area contributed by atoms with Gasteiger partial charge in [-0.2, -0.15) is 0 Å². The second-order valence-corrected chi connectivity index (χ2v) is 4.11. The van der Waals surface area contributed by atoms with Crippen molar-refractivity contribution in [3.8, 4) is 0 Å². The van der Waals surface area contributed by atoms with Crippen LogP contribution in [0.15, 0.2) is 54.1 Å². The van der Waals surface area contributed by atoms with Gasteiger partial charge in [-0.3, -0.25) is 0 Å². The van der Waals surface area contributed by atoms with Gasteiger partial charge in [0.2, 0.25) is 0 Å². The molecule has 0 nitrogen and oxygen atoms in total. The van der Waals surface area contributed by atoms with E-state index in [0.717, 1.165) is 6.42 Å². The summed E-state index contributed by atoms with van der Waals surface area (Å²) in [4.78, 5) is 0. The molecule has 0 unspecified atom stereocenters. The molecule has 16 heavy (non-hydrogen) atoms. The number of benzene rings is 1. The number of allylic oxidation sites excluding steroid dienone is 6. The molecule has 0 atom stereocenters. The Kier molecular flexibility index (Phi) is 5.62. The van der Waals surface area contributed by atoms with E-state index < -0.39 is 0 Å². The van der Waals surface area contributed by atoms with Crippen molar-refractivity contribution >= 4 is 5.57 Å². The zero-order chi connectivity index (χ0) is 10.7. The largest absolute Gasteiger partial charge is 0.0799 e. The maximum atomic E-state index is 2.23. The fraction of sp³-hybridized carbons (Fsp3) is 0.200. The summed E-state index contributed by atoms with van der Waals surface area (Å²) < 4.78 is 0. The Balaban J connectivity index is 0.00000128. The zero-order valence-corrected chi connectivity index (χ0v) is 12.4. The van der Waals surface area contributed by atoms with Gasteiger partial charge in [0.15, 0.2) is 0 Å². The van der Waals surface area contributed by atoms with Crippen LogP contribution in [0.2, 0.25) is 0 Å². The van der Waals surface area contributed by atoms with E-state index in [-0.39, 0.29) is 40.4 Å². The number of aryl methyl sites for hydroxylation is 1. The van der Waals surface area contributed by atoms with Crippen LogP contribution in [0.3, 0.4) is 0 Å². The monoisotopic (exact) mass is 348 g/mol. The summed E-state index contributed by atoms with van der Waals surface area (Å²) in [6.45, 7) is 4.28. The van der Waals surface area contributed by atoms with Crippen molar-refractivity contribution in [2.45, 2.75) is 20.3 Å². The van der Waals surface area contributed by atoms with Gasteiger partial charge in [-0.15, -0.1) is 0 Å². The minimum absolute atomic E-state index is 0. The van der Waals surface area contributed by atoms with Crippen LogP contribution in [0.5, 0.6) is 0 Å². The molecule has 0 fully saturated rings. The molecule has 0 amide bonds. The van der Waals surface area contributed by atoms with E-state index in [2.05, 4.69) is 62.4 Å². The van der Waals surface area contributed by atoms with E-state index in [0.29, 0.717) is 0 Å². The van der Waals surface area contributed by atoms with Crippen molar-refractivity contribution in [2.75, 3.05) is 0 Å². The molecule has 1 aromatic carbocycles. The van der Waals surface area contributed by atoms with Gasteiger partial charge in [-0.25, -0.2) is 0 Å². The maximum Gasteiger partial charge on any atom is 0 e. The third-order valence-electron chi connectivity index (χ3n) is 2.67. The molecule has 0 saturated carbocycles. The minimum Gasteiger partial charge on any atom is -0.0799 e. The van der Waals surface area contributed by atoms with Crippen LogP contribution in [-0.4, -0.2) is 0 Å². The van der Waals surface area contributed by atoms with Crippen molar-refractivity contribution in [1.82, 2.24) is 0 Å². The van der Waals surface area contributed by atoms with Gasteiger partial charge in [-0.1, -0.05) is 59.7 Å². The molecule has 1 heteroatoms. The second-order valence-electron chi connectivity index (χ2n) is 4.11. The van der Waals surface area contributed by atoms with E-state index in [4.69, 9.17) is 0 Å². The van der Waals surface area contributed by atoms with Crippen molar-refractivity contribution in [3.05, 3.63) is 65.3 Å². The third kappa shape index (κ3) is 3.66. The fourth-order valence-electron chi connectivity index (χ4n) is 1.67. The van der Waals surface area contributed by atoms with Crippen molar-refractivity contribution in [2.24, 2.45) is 0 Å². The molecule has 0 bridgehead atoms. The van der Waals surface area contributed by atoms with Crippen LogP contribution in [0, 0.1) is 47.3 Å². The molecule has 0 heterocycles. The van der Waals surface area contributed by atoms with E-state index >= 15 is 0 Å². The Labute approximate surface area is 130 Å². The standard InChI is InChI=1S/C15H16.Sm/c1-12-4-3-5-14(9-6-12)15-10-7-13(2)8-11-15;/h3,5-11H,4H2,1-2H3;. The first kappa shape index (κ1) is 13.8. The van der Waals surface area contributed by atoms with Gasteiger partial charge in [-0.05, 0) is 31.4 Å². The summed E-state index contributed by atoms with van der Waals surface area (Å²) in [6.07, 6.45) is 9.90. The molecule has 0 aliphatic heterocycles. The minimum atomic E-state index is 0. The molecule has 0 saturated heterocycles. The van der Waals surface area contributed by atoms with Crippen molar-refractivity contribution < 1.29 is 40.4 Å². The Hall–Kier alpha value is -0.222. The zero-order valence-electron chi connectivity index (χ0n) is 9.73. The molecule has 1 aromatic rings.